The third kappa shape index (κ3) is 3.21. The lowest BCUT2D eigenvalue weighted by atomic mass is 9.75. The zero-order valence-corrected chi connectivity index (χ0v) is 11.1. The molecule has 1 aliphatic carbocycles. The molecular weight excluding hydrogens is 196 g/mol. The van der Waals surface area contributed by atoms with Crippen molar-refractivity contribution in [1.82, 2.24) is 10.2 Å². The van der Waals surface area contributed by atoms with Gasteiger partial charge in [-0.3, -0.25) is 4.90 Å². The highest BCUT2D eigenvalue weighted by Crippen LogP contribution is 2.36. The fraction of sp³-hybridized carbons (Fsp3) is 1.00. The Balaban J connectivity index is 1.83. The monoisotopic (exact) mass is 224 g/mol. The van der Waals surface area contributed by atoms with Crippen molar-refractivity contribution >= 4 is 0 Å². The van der Waals surface area contributed by atoms with Crippen molar-refractivity contribution in [3.05, 3.63) is 0 Å². The lowest BCUT2D eigenvalue weighted by molar-refractivity contribution is 0.0966. The smallest absolute Gasteiger partial charge is 0.0192 e. The number of piperazine rings is 1. The van der Waals surface area contributed by atoms with Crippen LogP contribution in [0.1, 0.15) is 52.4 Å². The molecule has 1 N–H and O–H groups in total. The zero-order chi connectivity index (χ0) is 11.4. The van der Waals surface area contributed by atoms with E-state index in [2.05, 4.69) is 24.1 Å². The number of nitrogens with zero attached hydrogens (tertiary/aromatic N) is 1. The van der Waals surface area contributed by atoms with Crippen molar-refractivity contribution in [3.63, 3.8) is 0 Å². The fourth-order valence-corrected chi connectivity index (χ4v) is 3.41. The number of nitrogens with one attached hydrogen (secondary N) is 1. The van der Waals surface area contributed by atoms with E-state index in [9.17, 15) is 0 Å². The minimum atomic E-state index is 0.619. The van der Waals surface area contributed by atoms with E-state index in [1.807, 2.05) is 0 Å². The third-order valence-corrected chi connectivity index (χ3v) is 4.50. The molecular formula is C14H28N2. The maximum Gasteiger partial charge on any atom is 0.0192 e. The van der Waals surface area contributed by atoms with E-state index < -0.39 is 0 Å². The van der Waals surface area contributed by atoms with E-state index in [0.717, 1.165) is 6.04 Å². The molecule has 94 valence electrons. The lowest BCUT2D eigenvalue weighted by Crippen LogP contribution is -2.52. The van der Waals surface area contributed by atoms with Gasteiger partial charge in [0, 0.05) is 32.2 Å². The predicted octanol–water partition coefficient (Wildman–Crippen LogP) is 2.64. The summed E-state index contributed by atoms with van der Waals surface area (Å²) in [4.78, 5) is 2.70. The molecule has 2 nitrogen and oxygen atoms in total. The molecule has 1 heterocycles. The van der Waals surface area contributed by atoms with Gasteiger partial charge in [0.15, 0.2) is 0 Å². The Morgan fingerprint density at radius 2 is 2.00 bits per heavy atom. The van der Waals surface area contributed by atoms with Crippen LogP contribution in [0.4, 0.5) is 0 Å². The summed E-state index contributed by atoms with van der Waals surface area (Å²) < 4.78 is 0. The molecule has 1 saturated heterocycles. The Labute approximate surface area is 101 Å². The van der Waals surface area contributed by atoms with Crippen molar-refractivity contribution in [3.8, 4) is 0 Å². The molecule has 0 aromatic heterocycles. The summed E-state index contributed by atoms with van der Waals surface area (Å²) in [5.74, 6) is 0. The topological polar surface area (TPSA) is 15.3 Å². The van der Waals surface area contributed by atoms with Crippen LogP contribution in [0.25, 0.3) is 0 Å². The normalized spacial score (nSPS) is 31.5. The summed E-state index contributed by atoms with van der Waals surface area (Å²) in [5.41, 5.74) is 0.619. The van der Waals surface area contributed by atoms with Gasteiger partial charge in [-0.15, -0.1) is 0 Å². The first kappa shape index (κ1) is 12.4. The van der Waals surface area contributed by atoms with Gasteiger partial charge in [-0.25, -0.2) is 0 Å². The van der Waals surface area contributed by atoms with E-state index >= 15 is 0 Å². The Hall–Kier alpha value is -0.0800. The number of hydrogen-bond acceptors (Lipinski definition) is 2. The SMILES string of the molecule is CCC1CN(CC2(C)CCCCC2)CCN1. The Morgan fingerprint density at radius 3 is 2.69 bits per heavy atom. The van der Waals surface area contributed by atoms with Crippen LogP contribution in [-0.2, 0) is 0 Å². The van der Waals surface area contributed by atoms with Gasteiger partial charge >= 0.3 is 0 Å². The van der Waals surface area contributed by atoms with Crippen LogP contribution in [-0.4, -0.2) is 37.1 Å². The van der Waals surface area contributed by atoms with E-state index in [4.69, 9.17) is 0 Å². The first-order chi connectivity index (χ1) is 7.72. The molecule has 0 amide bonds. The van der Waals surface area contributed by atoms with Crippen LogP contribution < -0.4 is 5.32 Å². The summed E-state index contributed by atoms with van der Waals surface area (Å²) in [5, 5.41) is 3.61. The molecule has 1 unspecified atom stereocenters. The van der Waals surface area contributed by atoms with E-state index in [-0.39, 0.29) is 0 Å². The number of hydrogen-bond donors (Lipinski definition) is 1. The largest absolute Gasteiger partial charge is 0.311 e. The first-order valence-electron chi connectivity index (χ1n) is 7.18. The molecule has 0 bridgehead atoms. The van der Waals surface area contributed by atoms with Crippen molar-refractivity contribution < 1.29 is 0 Å². The molecule has 1 saturated carbocycles. The minimum absolute atomic E-state index is 0.619. The molecule has 1 aliphatic heterocycles. The average Bonchev–Trinajstić information content (AvgIpc) is 2.29. The summed E-state index contributed by atoms with van der Waals surface area (Å²) in [7, 11) is 0. The Kier molecular flexibility index (Phi) is 4.26. The maximum absolute atomic E-state index is 3.61. The summed E-state index contributed by atoms with van der Waals surface area (Å²) >= 11 is 0. The van der Waals surface area contributed by atoms with Gasteiger partial charge in [0.25, 0.3) is 0 Å². The molecule has 0 spiro atoms. The minimum Gasteiger partial charge on any atom is -0.311 e. The lowest BCUT2D eigenvalue weighted by Gasteiger charge is -2.41. The van der Waals surface area contributed by atoms with E-state index in [0.29, 0.717) is 5.41 Å². The quantitative estimate of drug-likeness (QED) is 0.793. The van der Waals surface area contributed by atoms with Crippen molar-refractivity contribution in [2.45, 2.75) is 58.4 Å². The molecule has 2 rings (SSSR count). The molecule has 2 heteroatoms. The molecule has 0 radical (unpaired) electrons. The molecule has 1 atom stereocenters. The molecule has 2 fully saturated rings. The van der Waals surface area contributed by atoms with E-state index in [1.54, 1.807) is 0 Å². The highest BCUT2D eigenvalue weighted by Gasteiger charge is 2.30. The number of rotatable bonds is 3. The maximum atomic E-state index is 3.61. The van der Waals surface area contributed by atoms with Gasteiger partial charge in [0.2, 0.25) is 0 Å². The van der Waals surface area contributed by atoms with Crippen LogP contribution in [0.2, 0.25) is 0 Å². The second kappa shape index (κ2) is 5.50. The van der Waals surface area contributed by atoms with Crippen molar-refractivity contribution in [2.75, 3.05) is 26.2 Å². The highest BCUT2D eigenvalue weighted by molar-refractivity contribution is 4.85. The van der Waals surface area contributed by atoms with Gasteiger partial charge in [0.1, 0.15) is 0 Å². The first-order valence-corrected chi connectivity index (χ1v) is 7.18. The van der Waals surface area contributed by atoms with Gasteiger partial charge in [0.05, 0.1) is 0 Å². The third-order valence-electron chi connectivity index (χ3n) is 4.50. The van der Waals surface area contributed by atoms with Crippen LogP contribution in [0.3, 0.4) is 0 Å². The fourth-order valence-electron chi connectivity index (χ4n) is 3.41. The summed E-state index contributed by atoms with van der Waals surface area (Å²) in [6.07, 6.45) is 8.56. The Bertz CT molecular complexity index is 209. The van der Waals surface area contributed by atoms with Crippen LogP contribution in [0.5, 0.6) is 0 Å². The molecule has 0 aromatic rings. The zero-order valence-electron chi connectivity index (χ0n) is 11.1. The Morgan fingerprint density at radius 1 is 1.25 bits per heavy atom. The summed E-state index contributed by atoms with van der Waals surface area (Å²) in [6.45, 7) is 9.86. The standard InChI is InChI=1S/C14H28N2/c1-3-13-11-16(10-9-15-13)12-14(2)7-5-4-6-8-14/h13,15H,3-12H2,1-2H3. The molecule has 2 aliphatic rings. The van der Waals surface area contributed by atoms with Gasteiger partial charge < -0.3 is 5.32 Å². The van der Waals surface area contributed by atoms with Crippen LogP contribution in [0.15, 0.2) is 0 Å². The van der Waals surface area contributed by atoms with Crippen molar-refractivity contribution in [2.24, 2.45) is 5.41 Å². The molecule has 16 heavy (non-hydrogen) atoms. The van der Waals surface area contributed by atoms with Crippen LogP contribution >= 0.6 is 0 Å². The van der Waals surface area contributed by atoms with E-state index in [1.165, 1.54) is 64.7 Å². The van der Waals surface area contributed by atoms with Gasteiger partial charge in [-0.2, -0.15) is 0 Å². The average molecular weight is 224 g/mol. The second-order valence-corrected chi connectivity index (χ2v) is 6.17. The van der Waals surface area contributed by atoms with Gasteiger partial charge in [-0.05, 0) is 24.7 Å². The summed E-state index contributed by atoms with van der Waals surface area (Å²) in [6, 6.07) is 0.737. The molecule has 0 aromatic carbocycles. The predicted molar refractivity (Wildman–Crippen MR) is 69.7 cm³/mol. The van der Waals surface area contributed by atoms with Gasteiger partial charge in [-0.1, -0.05) is 33.1 Å². The second-order valence-electron chi connectivity index (χ2n) is 6.17. The van der Waals surface area contributed by atoms with Crippen molar-refractivity contribution in [1.29, 1.82) is 0 Å². The van der Waals surface area contributed by atoms with Crippen LogP contribution in [0, 0.1) is 5.41 Å². The highest BCUT2D eigenvalue weighted by atomic mass is 15.2.